The highest BCUT2D eigenvalue weighted by molar-refractivity contribution is 5.97. The molecule has 3 aromatic rings. The van der Waals surface area contributed by atoms with Crippen LogP contribution < -0.4 is 9.47 Å². The number of benzene rings is 2. The van der Waals surface area contributed by atoms with E-state index in [1.54, 1.807) is 14.2 Å². The van der Waals surface area contributed by atoms with Crippen LogP contribution in [-0.2, 0) is 0 Å². The molecule has 2 heterocycles. The average Bonchev–Trinajstić information content (AvgIpc) is 3.28. The summed E-state index contributed by atoms with van der Waals surface area (Å²) < 4.78 is 10.7. The first kappa shape index (κ1) is 20.0. The van der Waals surface area contributed by atoms with Gasteiger partial charge in [-0.1, -0.05) is 24.3 Å². The topological polar surface area (TPSA) is 51.7 Å². The van der Waals surface area contributed by atoms with Crippen LogP contribution in [0.3, 0.4) is 0 Å². The number of pyridine rings is 1. The highest BCUT2D eigenvalue weighted by Gasteiger charge is 2.33. The number of hydrogen-bond donors (Lipinski definition) is 0. The molecule has 1 atom stereocenters. The maximum absolute atomic E-state index is 13.3. The first-order valence-corrected chi connectivity index (χ1v) is 10.2. The molecule has 0 aliphatic carbocycles. The van der Waals surface area contributed by atoms with Crippen molar-refractivity contribution in [2.24, 2.45) is 0 Å². The zero-order valence-corrected chi connectivity index (χ0v) is 17.6. The van der Waals surface area contributed by atoms with Crippen LogP contribution in [-0.4, -0.2) is 36.6 Å². The maximum atomic E-state index is 13.3. The highest BCUT2D eigenvalue weighted by atomic mass is 16.5. The van der Waals surface area contributed by atoms with Crippen molar-refractivity contribution >= 4 is 5.91 Å². The fourth-order valence-corrected chi connectivity index (χ4v) is 4.11. The van der Waals surface area contributed by atoms with Crippen LogP contribution in [0.15, 0.2) is 60.7 Å². The monoisotopic (exact) mass is 402 g/mol. The number of carbonyl (C=O) groups excluding carboxylic acids is 1. The molecule has 0 saturated carbocycles. The van der Waals surface area contributed by atoms with Gasteiger partial charge < -0.3 is 14.4 Å². The smallest absolute Gasteiger partial charge is 0.258 e. The predicted octanol–water partition coefficient (Wildman–Crippen LogP) is 5.05. The van der Waals surface area contributed by atoms with E-state index in [-0.39, 0.29) is 11.9 Å². The Labute approximate surface area is 177 Å². The lowest BCUT2D eigenvalue weighted by molar-refractivity contribution is 0.0729. The quantitative estimate of drug-likeness (QED) is 0.599. The molecular formula is C25H26N2O3. The predicted molar refractivity (Wildman–Crippen MR) is 117 cm³/mol. The van der Waals surface area contributed by atoms with Crippen molar-refractivity contribution in [3.8, 4) is 22.6 Å². The molecule has 1 fully saturated rings. The van der Waals surface area contributed by atoms with E-state index in [0.717, 1.165) is 47.7 Å². The van der Waals surface area contributed by atoms with Gasteiger partial charge in [0.1, 0.15) is 11.5 Å². The number of rotatable bonds is 5. The Morgan fingerprint density at radius 3 is 2.50 bits per heavy atom. The Hall–Kier alpha value is -3.34. The van der Waals surface area contributed by atoms with Crippen molar-refractivity contribution < 1.29 is 14.3 Å². The van der Waals surface area contributed by atoms with Crippen LogP contribution in [0.2, 0.25) is 0 Å². The Bertz CT molecular complexity index is 1050. The molecule has 1 unspecified atom stereocenters. The molecule has 0 N–H and O–H groups in total. The Balaban J connectivity index is 1.67. The lowest BCUT2D eigenvalue weighted by Crippen LogP contribution is -2.31. The van der Waals surface area contributed by atoms with Crippen molar-refractivity contribution in [2.45, 2.75) is 25.8 Å². The van der Waals surface area contributed by atoms with Gasteiger partial charge in [0.25, 0.3) is 5.91 Å². The lowest BCUT2D eigenvalue weighted by atomic mass is 10.0. The molecule has 1 aliphatic rings. The Morgan fingerprint density at radius 1 is 1.00 bits per heavy atom. The molecule has 30 heavy (non-hydrogen) atoms. The highest BCUT2D eigenvalue weighted by Crippen LogP contribution is 2.35. The number of para-hydroxylation sites is 1. The van der Waals surface area contributed by atoms with Gasteiger partial charge in [-0.05, 0) is 67.3 Å². The van der Waals surface area contributed by atoms with E-state index in [9.17, 15) is 4.79 Å². The van der Waals surface area contributed by atoms with Gasteiger partial charge in [-0.3, -0.25) is 9.78 Å². The summed E-state index contributed by atoms with van der Waals surface area (Å²) in [6.45, 7) is 2.72. The number of aryl methyl sites for hydroxylation is 1. The molecule has 154 valence electrons. The fraction of sp³-hybridized carbons (Fsp3) is 0.280. The number of amides is 1. The van der Waals surface area contributed by atoms with Crippen molar-refractivity contribution in [1.29, 1.82) is 0 Å². The maximum Gasteiger partial charge on any atom is 0.258 e. The summed E-state index contributed by atoms with van der Waals surface area (Å²) in [5, 5.41) is 0. The third kappa shape index (κ3) is 3.88. The summed E-state index contributed by atoms with van der Waals surface area (Å²) in [6.07, 6.45) is 1.86. The first-order valence-electron chi connectivity index (χ1n) is 10.2. The lowest BCUT2D eigenvalue weighted by Gasteiger charge is -2.26. The number of methoxy groups -OCH3 is 2. The standard InChI is InChI=1S/C25H26N2O3/c1-17-15-19(18-10-12-20(29-2)13-11-18)16-22(26-17)23-8-6-14-27(23)25(28)21-7-4-5-9-24(21)30-3/h4-5,7,9-13,15-16,23H,6,8,14H2,1-3H3. The summed E-state index contributed by atoms with van der Waals surface area (Å²) >= 11 is 0. The third-order valence-corrected chi connectivity index (χ3v) is 5.59. The Kier molecular flexibility index (Phi) is 5.70. The van der Waals surface area contributed by atoms with Crippen molar-refractivity contribution in [3.05, 3.63) is 77.6 Å². The van der Waals surface area contributed by atoms with Crippen molar-refractivity contribution in [1.82, 2.24) is 9.88 Å². The van der Waals surface area contributed by atoms with E-state index >= 15 is 0 Å². The number of likely N-dealkylation sites (tertiary alicyclic amines) is 1. The van der Waals surface area contributed by atoms with Crippen LogP contribution >= 0.6 is 0 Å². The van der Waals surface area contributed by atoms with Crippen LogP contribution in [0.1, 0.15) is 40.6 Å². The van der Waals surface area contributed by atoms with E-state index in [1.807, 2.05) is 60.4 Å². The minimum Gasteiger partial charge on any atom is -0.497 e. The second kappa shape index (κ2) is 8.57. The molecule has 1 amide bonds. The van der Waals surface area contributed by atoms with Gasteiger partial charge in [-0.15, -0.1) is 0 Å². The fourth-order valence-electron chi connectivity index (χ4n) is 4.11. The zero-order chi connectivity index (χ0) is 21.1. The summed E-state index contributed by atoms with van der Waals surface area (Å²) in [7, 11) is 3.26. The number of hydrogen-bond acceptors (Lipinski definition) is 4. The Morgan fingerprint density at radius 2 is 1.77 bits per heavy atom. The zero-order valence-electron chi connectivity index (χ0n) is 17.6. The summed E-state index contributed by atoms with van der Waals surface area (Å²) in [6, 6.07) is 19.5. The molecule has 0 bridgehead atoms. The van der Waals surface area contributed by atoms with Crippen LogP contribution in [0.25, 0.3) is 11.1 Å². The third-order valence-electron chi connectivity index (χ3n) is 5.59. The molecule has 0 radical (unpaired) electrons. The average molecular weight is 402 g/mol. The van der Waals surface area contributed by atoms with Gasteiger partial charge in [0, 0.05) is 12.2 Å². The minimum absolute atomic E-state index is 0.00995. The molecule has 1 aliphatic heterocycles. The van der Waals surface area contributed by atoms with Gasteiger partial charge in [-0.25, -0.2) is 0 Å². The van der Waals surface area contributed by atoms with Crippen LogP contribution in [0.5, 0.6) is 11.5 Å². The van der Waals surface area contributed by atoms with Gasteiger partial charge in [0.05, 0.1) is 31.5 Å². The van der Waals surface area contributed by atoms with Crippen LogP contribution in [0, 0.1) is 6.92 Å². The number of nitrogens with zero attached hydrogens (tertiary/aromatic N) is 2. The molecule has 1 saturated heterocycles. The number of ether oxygens (including phenoxy) is 2. The molecule has 2 aromatic carbocycles. The summed E-state index contributed by atoms with van der Waals surface area (Å²) in [4.78, 5) is 20.0. The summed E-state index contributed by atoms with van der Waals surface area (Å²) in [5.41, 5.74) is 4.66. The molecule has 1 aromatic heterocycles. The number of aromatic nitrogens is 1. The molecule has 5 heteroatoms. The van der Waals surface area contributed by atoms with Gasteiger partial charge >= 0.3 is 0 Å². The van der Waals surface area contributed by atoms with Gasteiger partial charge in [-0.2, -0.15) is 0 Å². The van der Waals surface area contributed by atoms with Crippen LogP contribution in [0.4, 0.5) is 0 Å². The van der Waals surface area contributed by atoms with E-state index in [1.165, 1.54) is 0 Å². The second-order valence-electron chi connectivity index (χ2n) is 7.51. The SMILES string of the molecule is COc1ccc(-c2cc(C)nc(C3CCCN3C(=O)c3ccccc3OC)c2)cc1. The second-order valence-corrected chi connectivity index (χ2v) is 7.51. The first-order chi connectivity index (χ1) is 14.6. The largest absolute Gasteiger partial charge is 0.497 e. The van der Waals surface area contributed by atoms with Gasteiger partial charge in [0.15, 0.2) is 0 Å². The number of carbonyl (C=O) groups is 1. The van der Waals surface area contributed by atoms with E-state index < -0.39 is 0 Å². The van der Waals surface area contributed by atoms with Gasteiger partial charge in [0.2, 0.25) is 0 Å². The normalized spacial score (nSPS) is 15.8. The molecular weight excluding hydrogens is 376 g/mol. The molecule has 5 nitrogen and oxygen atoms in total. The summed E-state index contributed by atoms with van der Waals surface area (Å²) in [5.74, 6) is 1.42. The van der Waals surface area contributed by atoms with E-state index in [2.05, 4.69) is 12.1 Å². The minimum atomic E-state index is -0.0423. The van der Waals surface area contributed by atoms with E-state index in [0.29, 0.717) is 11.3 Å². The van der Waals surface area contributed by atoms with E-state index in [4.69, 9.17) is 14.5 Å². The van der Waals surface area contributed by atoms with Crippen molar-refractivity contribution in [3.63, 3.8) is 0 Å². The molecule has 4 rings (SSSR count). The molecule has 0 spiro atoms. The van der Waals surface area contributed by atoms with Crippen molar-refractivity contribution in [2.75, 3.05) is 20.8 Å².